The van der Waals surface area contributed by atoms with Crippen LogP contribution in [0, 0.1) is 12.8 Å². The highest BCUT2D eigenvalue weighted by molar-refractivity contribution is 6.33. The monoisotopic (exact) mass is 298 g/mol. The third-order valence-electron chi connectivity index (χ3n) is 2.87. The SMILES string of the molecule is CCCC(CNC(=O)Nc1ccc(C)cc1Cl)C(=O)O. The van der Waals surface area contributed by atoms with Crippen LogP contribution in [0.2, 0.25) is 5.02 Å². The summed E-state index contributed by atoms with van der Waals surface area (Å²) in [4.78, 5) is 22.7. The van der Waals surface area contributed by atoms with E-state index in [-0.39, 0.29) is 6.54 Å². The van der Waals surface area contributed by atoms with Crippen molar-refractivity contribution >= 4 is 29.3 Å². The van der Waals surface area contributed by atoms with Crippen LogP contribution in [0.3, 0.4) is 0 Å². The fraction of sp³-hybridized carbons (Fsp3) is 0.429. The summed E-state index contributed by atoms with van der Waals surface area (Å²) < 4.78 is 0. The fourth-order valence-electron chi connectivity index (χ4n) is 1.77. The van der Waals surface area contributed by atoms with Crippen LogP contribution in [0.1, 0.15) is 25.3 Å². The molecule has 1 aromatic carbocycles. The Labute approximate surface area is 123 Å². The van der Waals surface area contributed by atoms with Crippen LogP contribution in [-0.4, -0.2) is 23.7 Å². The maximum absolute atomic E-state index is 11.7. The average molecular weight is 299 g/mol. The number of urea groups is 1. The number of aliphatic carboxylic acids is 1. The molecule has 1 atom stereocenters. The van der Waals surface area contributed by atoms with E-state index < -0.39 is 17.9 Å². The van der Waals surface area contributed by atoms with Gasteiger partial charge in [-0.05, 0) is 31.0 Å². The molecule has 0 aliphatic carbocycles. The molecule has 2 amide bonds. The van der Waals surface area contributed by atoms with Crippen molar-refractivity contribution in [2.24, 2.45) is 5.92 Å². The van der Waals surface area contributed by atoms with Gasteiger partial charge in [-0.15, -0.1) is 0 Å². The summed E-state index contributed by atoms with van der Waals surface area (Å²) in [7, 11) is 0. The molecule has 6 heteroatoms. The van der Waals surface area contributed by atoms with Crippen LogP contribution in [0.5, 0.6) is 0 Å². The Kier molecular flexibility index (Phi) is 6.31. The number of aryl methyl sites for hydroxylation is 1. The largest absolute Gasteiger partial charge is 0.481 e. The summed E-state index contributed by atoms with van der Waals surface area (Å²) in [5.41, 5.74) is 1.49. The number of anilines is 1. The minimum Gasteiger partial charge on any atom is -0.481 e. The van der Waals surface area contributed by atoms with Crippen molar-refractivity contribution < 1.29 is 14.7 Å². The average Bonchev–Trinajstić information content (AvgIpc) is 2.37. The van der Waals surface area contributed by atoms with Gasteiger partial charge in [0.25, 0.3) is 0 Å². The van der Waals surface area contributed by atoms with Crippen molar-refractivity contribution in [3.63, 3.8) is 0 Å². The maximum atomic E-state index is 11.7. The number of carboxylic acids is 1. The molecule has 5 nitrogen and oxygen atoms in total. The van der Waals surface area contributed by atoms with Gasteiger partial charge in [-0.1, -0.05) is 31.0 Å². The molecule has 1 rings (SSSR count). The molecule has 0 radical (unpaired) electrons. The summed E-state index contributed by atoms with van der Waals surface area (Å²) in [5, 5.41) is 14.6. The van der Waals surface area contributed by atoms with E-state index in [1.165, 1.54) is 0 Å². The highest BCUT2D eigenvalue weighted by Gasteiger charge is 2.17. The Morgan fingerprint density at radius 1 is 1.40 bits per heavy atom. The molecule has 0 saturated carbocycles. The molecule has 0 saturated heterocycles. The Balaban J connectivity index is 2.53. The molecule has 110 valence electrons. The summed E-state index contributed by atoms with van der Waals surface area (Å²) in [6.07, 6.45) is 1.28. The highest BCUT2D eigenvalue weighted by Crippen LogP contribution is 2.22. The van der Waals surface area contributed by atoms with Gasteiger partial charge in [0.2, 0.25) is 0 Å². The van der Waals surface area contributed by atoms with Gasteiger partial charge in [0.1, 0.15) is 0 Å². The molecule has 0 spiro atoms. The van der Waals surface area contributed by atoms with Gasteiger partial charge in [-0.25, -0.2) is 4.79 Å². The topological polar surface area (TPSA) is 78.4 Å². The first-order valence-corrected chi connectivity index (χ1v) is 6.85. The third kappa shape index (κ3) is 5.09. The number of carbonyl (C=O) groups is 2. The molecule has 0 aliphatic heterocycles. The molecule has 3 N–H and O–H groups in total. The smallest absolute Gasteiger partial charge is 0.319 e. The van der Waals surface area contributed by atoms with E-state index >= 15 is 0 Å². The number of amides is 2. The Morgan fingerprint density at radius 2 is 2.10 bits per heavy atom. The van der Waals surface area contributed by atoms with E-state index in [1.54, 1.807) is 12.1 Å². The first-order valence-electron chi connectivity index (χ1n) is 6.47. The van der Waals surface area contributed by atoms with Gasteiger partial charge in [-0.3, -0.25) is 4.79 Å². The molecular formula is C14H19ClN2O3. The minimum absolute atomic E-state index is 0.0957. The van der Waals surface area contributed by atoms with Crippen LogP contribution < -0.4 is 10.6 Å². The van der Waals surface area contributed by atoms with Crippen molar-refractivity contribution in [3.05, 3.63) is 28.8 Å². The quantitative estimate of drug-likeness (QED) is 0.754. The lowest BCUT2D eigenvalue weighted by Gasteiger charge is -2.13. The number of halogens is 1. The lowest BCUT2D eigenvalue weighted by atomic mass is 10.0. The van der Waals surface area contributed by atoms with E-state index in [0.29, 0.717) is 17.1 Å². The minimum atomic E-state index is -0.902. The number of carboxylic acid groups (broad SMARTS) is 1. The zero-order chi connectivity index (χ0) is 15.1. The highest BCUT2D eigenvalue weighted by atomic mass is 35.5. The van der Waals surface area contributed by atoms with Gasteiger partial charge in [0, 0.05) is 6.54 Å². The van der Waals surface area contributed by atoms with Crippen LogP contribution in [0.15, 0.2) is 18.2 Å². The van der Waals surface area contributed by atoms with Gasteiger partial charge >= 0.3 is 12.0 Å². The standard InChI is InChI=1S/C14H19ClN2O3/c1-3-4-10(13(18)19)8-16-14(20)17-12-6-5-9(2)7-11(12)15/h5-7,10H,3-4,8H2,1-2H3,(H,18,19)(H2,16,17,20). The van der Waals surface area contributed by atoms with Crippen LogP contribution in [-0.2, 0) is 4.79 Å². The lowest BCUT2D eigenvalue weighted by Crippen LogP contribution is -2.35. The zero-order valence-electron chi connectivity index (χ0n) is 11.6. The predicted molar refractivity (Wildman–Crippen MR) is 79.2 cm³/mol. The van der Waals surface area contributed by atoms with Crippen LogP contribution in [0.25, 0.3) is 0 Å². The van der Waals surface area contributed by atoms with E-state index in [2.05, 4.69) is 10.6 Å². The van der Waals surface area contributed by atoms with Crippen molar-refractivity contribution in [1.29, 1.82) is 0 Å². The van der Waals surface area contributed by atoms with E-state index in [9.17, 15) is 9.59 Å². The van der Waals surface area contributed by atoms with Gasteiger partial charge in [-0.2, -0.15) is 0 Å². The van der Waals surface area contributed by atoms with Gasteiger partial charge in [0.05, 0.1) is 16.6 Å². The molecule has 1 aromatic rings. The lowest BCUT2D eigenvalue weighted by molar-refractivity contribution is -0.141. The number of rotatable bonds is 6. The van der Waals surface area contributed by atoms with E-state index in [0.717, 1.165) is 12.0 Å². The number of hydrogen-bond donors (Lipinski definition) is 3. The Morgan fingerprint density at radius 3 is 2.65 bits per heavy atom. The molecule has 0 bridgehead atoms. The molecule has 0 fully saturated rings. The normalized spacial score (nSPS) is 11.8. The number of benzene rings is 1. The summed E-state index contributed by atoms with van der Waals surface area (Å²) >= 11 is 6.00. The number of hydrogen-bond acceptors (Lipinski definition) is 2. The summed E-state index contributed by atoms with van der Waals surface area (Å²) in [6, 6.07) is 4.82. The second-order valence-electron chi connectivity index (χ2n) is 4.64. The van der Waals surface area contributed by atoms with Gasteiger partial charge in [0.15, 0.2) is 0 Å². The molecule has 0 aliphatic rings. The van der Waals surface area contributed by atoms with Crippen molar-refractivity contribution in [1.82, 2.24) is 5.32 Å². The first kappa shape index (κ1) is 16.3. The fourth-order valence-corrected chi connectivity index (χ4v) is 2.05. The number of carbonyl (C=O) groups excluding carboxylic acids is 1. The Hall–Kier alpha value is -1.75. The molecule has 1 unspecified atom stereocenters. The van der Waals surface area contributed by atoms with E-state index in [1.807, 2.05) is 19.9 Å². The first-order chi connectivity index (χ1) is 9.43. The van der Waals surface area contributed by atoms with Crippen molar-refractivity contribution in [2.45, 2.75) is 26.7 Å². The second kappa shape index (κ2) is 7.75. The molecule has 0 heterocycles. The van der Waals surface area contributed by atoms with Gasteiger partial charge < -0.3 is 15.7 Å². The molecule has 0 aromatic heterocycles. The third-order valence-corrected chi connectivity index (χ3v) is 3.18. The van der Waals surface area contributed by atoms with Crippen molar-refractivity contribution in [3.8, 4) is 0 Å². The summed E-state index contributed by atoms with van der Waals surface area (Å²) in [5.74, 6) is -1.47. The zero-order valence-corrected chi connectivity index (χ0v) is 12.3. The van der Waals surface area contributed by atoms with Crippen molar-refractivity contribution in [2.75, 3.05) is 11.9 Å². The maximum Gasteiger partial charge on any atom is 0.319 e. The van der Waals surface area contributed by atoms with Crippen LogP contribution in [0.4, 0.5) is 10.5 Å². The second-order valence-corrected chi connectivity index (χ2v) is 5.05. The predicted octanol–water partition coefficient (Wildman–Crippen LogP) is 3.27. The molecular weight excluding hydrogens is 280 g/mol. The summed E-state index contributed by atoms with van der Waals surface area (Å²) in [6.45, 7) is 3.90. The Bertz CT molecular complexity index is 491. The van der Waals surface area contributed by atoms with Crippen LogP contribution >= 0.6 is 11.6 Å². The molecule has 20 heavy (non-hydrogen) atoms. The van der Waals surface area contributed by atoms with E-state index in [4.69, 9.17) is 16.7 Å². The number of nitrogens with one attached hydrogen (secondary N) is 2.